The van der Waals surface area contributed by atoms with E-state index in [0.29, 0.717) is 6.42 Å². The number of benzene rings is 2. The van der Waals surface area contributed by atoms with Crippen LogP contribution in [0.3, 0.4) is 0 Å². The van der Waals surface area contributed by atoms with Crippen LogP contribution in [0.25, 0.3) is 0 Å². The number of esters is 1. The van der Waals surface area contributed by atoms with Gasteiger partial charge in [-0.15, -0.1) is 0 Å². The monoisotopic (exact) mass is 378 g/mol. The summed E-state index contributed by atoms with van der Waals surface area (Å²) in [5.74, 6) is -0.442. The molecule has 0 spiro atoms. The van der Waals surface area contributed by atoms with Crippen LogP contribution in [0.15, 0.2) is 36.4 Å². The highest BCUT2D eigenvalue weighted by Crippen LogP contribution is 2.38. The Morgan fingerprint density at radius 3 is 2.25 bits per heavy atom. The number of hydrogen-bond acceptors (Lipinski definition) is 3. The van der Waals surface area contributed by atoms with E-state index in [4.69, 9.17) is 4.74 Å². The molecule has 0 aliphatic heterocycles. The van der Waals surface area contributed by atoms with Gasteiger partial charge in [0.2, 0.25) is 0 Å². The Labute approximate surface area is 165 Å². The largest absolute Gasteiger partial charge is 0.467 e. The molecule has 0 radical (unpaired) electrons. The Hall–Kier alpha value is -2.82. The summed E-state index contributed by atoms with van der Waals surface area (Å²) in [7, 11) is 1.34. The first-order valence-electron chi connectivity index (χ1n) is 10.0. The van der Waals surface area contributed by atoms with Crippen molar-refractivity contribution in [2.45, 2.75) is 51.0 Å². The fourth-order valence-corrected chi connectivity index (χ4v) is 4.46. The van der Waals surface area contributed by atoms with Gasteiger partial charge in [0, 0.05) is 12.1 Å². The van der Waals surface area contributed by atoms with E-state index in [-0.39, 0.29) is 6.03 Å². The molecule has 2 aliphatic carbocycles. The van der Waals surface area contributed by atoms with Crippen molar-refractivity contribution in [3.8, 4) is 0 Å². The van der Waals surface area contributed by atoms with Crippen molar-refractivity contribution in [1.82, 2.24) is 5.32 Å². The van der Waals surface area contributed by atoms with Gasteiger partial charge in [0.15, 0.2) is 0 Å². The van der Waals surface area contributed by atoms with Crippen LogP contribution in [0, 0.1) is 0 Å². The number of carbonyl (C=O) groups excluding carboxylic acids is 2. The lowest BCUT2D eigenvalue weighted by Crippen LogP contribution is -2.45. The molecule has 2 aliphatic rings. The average molecular weight is 378 g/mol. The van der Waals surface area contributed by atoms with Gasteiger partial charge < -0.3 is 15.4 Å². The molecule has 4 rings (SSSR count). The molecule has 1 atom stereocenters. The Bertz CT molecular complexity index is 860. The van der Waals surface area contributed by atoms with E-state index in [9.17, 15) is 9.59 Å². The zero-order chi connectivity index (χ0) is 19.5. The van der Waals surface area contributed by atoms with Gasteiger partial charge in [-0.25, -0.2) is 9.59 Å². The molecule has 2 N–H and O–H groups in total. The predicted molar refractivity (Wildman–Crippen MR) is 109 cm³/mol. The summed E-state index contributed by atoms with van der Waals surface area (Å²) in [6.07, 6.45) is 6.83. The van der Waals surface area contributed by atoms with E-state index in [1.807, 2.05) is 30.3 Å². The average Bonchev–Trinajstić information content (AvgIpc) is 3.36. The topological polar surface area (TPSA) is 67.4 Å². The van der Waals surface area contributed by atoms with E-state index >= 15 is 0 Å². The van der Waals surface area contributed by atoms with Gasteiger partial charge in [0.1, 0.15) is 6.04 Å². The lowest BCUT2D eigenvalue weighted by molar-refractivity contribution is -0.142. The second-order valence-electron chi connectivity index (χ2n) is 7.60. The molecule has 2 amide bonds. The third kappa shape index (κ3) is 3.75. The van der Waals surface area contributed by atoms with Gasteiger partial charge in [-0.1, -0.05) is 36.4 Å². The number of carbonyl (C=O) groups is 2. The lowest BCUT2D eigenvalue weighted by Gasteiger charge is -2.20. The number of aryl methyl sites for hydroxylation is 2. The fraction of sp³-hybridized carbons (Fsp3) is 0.391. The highest BCUT2D eigenvalue weighted by atomic mass is 16.5. The number of nitrogens with one attached hydrogen (secondary N) is 2. The van der Waals surface area contributed by atoms with Crippen molar-refractivity contribution in [3.63, 3.8) is 0 Å². The second kappa shape index (κ2) is 8.05. The minimum Gasteiger partial charge on any atom is -0.467 e. The first kappa shape index (κ1) is 18.5. The van der Waals surface area contributed by atoms with Crippen LogP contribution in [0.1, 0.15) is 40.7 Å². The Balaban J connectivity index is 1.52. The van der Waals surface area contributed by atoms with Crippen molar-refractivity contribution in [2.75, 3.05) is 12.4 Å². The van der Waals surface area contributed by atoms with Crippen LogP contribution < -0.4 is 10.6 Å². The van der Waals surface area contributed by atoms with E-state index in [2.05, 4.69) is 16.7 Å². The molecule has 2 aromatic carbocycles. The first-order valence-corrected chi connectivity index (χ1v) is 10.0. The summed E-state index contributed by atoms with van der Waals surface area (Å²) >= 11 is 0. The molecule has 0 aromatic heterocycles. The van der Waals surface area contributed by atoms with Gasteiger partial charge in [-0.3, -0.25) is 0 Å². The van der Waals surface area contributed by atoms with Gasteiger partial charge in [-0.05, 0) is 66.3 Å². The number of hydrogen-bond donors (Lipinski definition) is 2. The second-order valence-corrected chi connectivity index (χ2v) is 7.60. The van der Waals surface area contributed by atoms with Crippen molar-refractivity contribution in [3.05, 3.63) is 64.2 Å². The fourth-order valence-electron chi connectivity index (χ4n) is 4.46. The summed E-state index contributed by atoms with van der Waals surface area (Å²) in [5.41, 5.74) is 7.22. The zero-order valence-corrected chi connectivity index (χ0v) is 16.2. The van der Waals surface area contributed by atoms with Gasteiger partial charge in [-0.2, -0.15) is 0 Å². The van der Waals surface area contributed by atoms with E-state index in [1.54, 1.807) is 0 Å². The number of urea groups is 1. The van der Waals surface area contributed by atoms with Crippen LogP contribution in [-0.2, 0) is 41.6 Å². The number of methoxy groups -OCH3 is 1. The van der Waals surface area contributed by atoms with Crippen molar-refractivity contribution < 1.29 is 14.3 Å². The molecule has 2 aromatic rings. The molecule has 146 valence electrons. The summed E-state index contributed by atoms with van der Waals surface area (Å²) in [5, 5.41) is 5.90. The lowest BCUT2D eigenvalue weighted by atomic mass is 9.99. The van der Waals surface area contributed by atoms with Gasteiger partial charge >= 0.3 is 12.0 Å². The third-order valence-corrected chi connectivity index (χ3v) is 5.79. The number of fused-ring (bicyclic) bond motifs is 2. The van der Waals surface area contributed by atoms with Gasteiger partial charge in [0.05, 0.1) is 7.11 Å². The molecular weight excluding hydrogens is 352 g/mol. The van der Waals surface area contributed by atoms with Crippen LogP contribution >= 0.6 is 0 Å². The molecule has 0 bridgehead atoms. The number of ether oxygens (including phenoxy) is 1. The molecular formula is C23H26N2O3. The summed E-state index contributed by atoms with van der Waals surface area (Å²) in [6.45, 7) is 0. The van der Waals surface area contributed by atoms with Crippen molar-refractivity contribution in [2.24, 2.45) is 0 Å². The van der Waals surface area contributed by atoms with Crippen LogP contribution in [0.5, 0.6) is 0 Å². The molecule has 28 heavy (non-hydrogen) atoms. The highest BCUT2D eigenvalue weighted by molar-refractivity contribution is 5.94. The SMILES string of the molecule is COC(=O)[C@@H](Cc1ccccc1)NC(=O)Nc1c2c(cc3c1CCC3)CCC2. The molecule has 0 saturated carbocycles. The molecule has 0 fully saturated rings. The zero-order valence-electron chi connectivity index (χ0n) is 16.2. The van der Waals surface area contributed by atoms with Crippen molar-refractivity contribution in [1.29, 1.82) is 0 Å². The van der Waals surface area contributed by atoms with E-state index in [0.717, 1.165) is 49.8 Å². The number of amides is 2. The Morgan fingerprint density at radius 1 is 1.00 bits per heavy atom. The molecule has 5 nitrogen and oxygen atoms in total. The maximum atomic E-state index is 12.8. The molecule has 0 unspecified atom stereocenters. The minimum atomic E-state index is -0.725. The van der Waals surface area contributed by atoms with Crippen LogP contribution in [0.2, 0.25) is 0 Å². The normalized spacial score (nSPS) is 15.5. The Morgan fingerprint density at radius 2 is 1.64 bits per heavy atom. The van der Waals surface area contributed by atoms with Crippen LogP contribution in [-0.4, -0.2) is 25.2 Å². The quantitative estimate of drug-likeness (QED) is 0.782. The molecule has 0 saturated heterocycles. The van der Waals surface area contributed by atoms with E-state index < -0.39 is 12.0 Å². The number of anilines is 1. The third-order valence-electron chi connectivity index (χ3n) is 5.79. The smallest absolute Gasteiger partial charge is 0.328 e. The first-order chi connectivity index (χ1) is 13.7. The number of rotatable bonds is 5. The highest BCUT2D eigenvalue weighted by Gasteiger charge is 2.27. The maximum absolute atomic E-state index is 12.8. The maximum Gasteiger partial charge on any atom is 0.328 e. The standard InChI is InChI=1S/C23H26N2O3/c1-28-22(26)20(13-15-7-3-2-4-8-15)24-23(27)25-21-18-11-5-9-16(18)14-17-10-6-12-19(17)21/h2-4,7-8,14,20H,5-6,9-13H2,1H3,(H2,24,25,27)/t20-/m1/s1. The minimum absolute atomic E-state index is 0.347. The summed E-state index contributed by atoms with van der Waals surface area (Å²) < 4.78 is 4.90. The van der Waals surface area contributed by atoms with E-state index in [1.165, 1.54) is 29.4 Å². The predicted octanol–water partition coefficient (Wildman–Crippen LogP) is 3.57. The van der Waals surface area contributed by atoms with Crippen LogP contribution in [0.4, 0.5) is 10.5 Å². The van der Waals surface area contributed by atoms with Gasteiger partial charge in [0.25, 0.3) is 0 Å². The summed E-state index contributed by atoms with van der Waals surface area (Å²) in [4.78, 5) is 25.0. The molecule has 0 heterocycles. The van der Waals surface area contributed by atoms with Crippen molar-refractivity contribution >= 4 is 17.7 Å². The Kier molecular flexibility index (Phi) is 5.33. The molecule has 5 heteroatoms. The summed E-state index contributed by atoms with van der Waals surface area (Å²) in [6, 6.07) is 10.9.